The number of hydrogen-bond donors (Lipinski definition) is 2. The molecule has 19 heavy (non-hydrogen) atoms. The van der Waals surface area contributed by atoms with E-state index in [0.717, 1.165) is 0 Å². The maximum atomic E-state index is 13.2. The number of nitrogens with zero attached hydrogens (tertiary/aromatic N) is 1. The van der Waals surface area contributed by atoms with Crippen molar-refractivity contribution in [1.82, 2.24) is 0 Å². The predicted molar refractivity (Wildman–Crippen MR) is 73.8 cm³/mol. The summed E-state index contributed by atoms with van der Waals surface area (Å²) in [4.78, 5) is 12.8. The van der Waals surface area contributed by atoms with Gasteiger partial charge in [0.15, 0.2) is 0 Å². The second-order valence-corrected chi connectivity index (χ2v) is 4.18. The highest BCUT2D eigenvalue weighted by atomic mass is 19.1. The summed E-state index contributed by atoms with van der Waals surface area (Å²) in [5, 5.41) is 0. The molecular weight excluding hydrogens is 245 g/mol. The van der Waals surface area contributed by atoms with Gasteiger partial charge in [-0.15, -0.1) is 0 Å². The van der Waals surface area contributed by atoms with Gasteiger partial charge in [-0.1, -0.05) is 6.07 Å². The van der Waals surface area contributed by atoms with Crippen molar-refractivity contribution in [2.75, 3.05) is 17.7 Å². The maximum absolute atomic E-state index is 13.2. The molecule has 0 saturated heterocycles. The quantitative estimate of drug-likeness (QED) is 0.830. The number of benzene rings is 2. The average molecular weight is 259 g/mol. The van der Waals surface area contributed by atoms with E-state index in [2.05, 4.69) is 0 Å². The second-order valence-electron chi connectivity index (χ2n) is 4.18. The van der Waals surface area contributed by atoms with Crippen molar-refractivity contribution in [2.24, 2.45) is 5.73 Å². The molecule has 0 fully saturated rings. The van der Waals surface area contributed by atoms with Gasteiger partial charge in [-0.2, -0.15) is 0 Å². The van der Waals surface area contributed by atoms with Gasteiger partial charge < -0.3 is 16.4 Å². The first-order valence-corrected chi connectivity index (χ1v) is 5.67. The number of amides is 1. The summed E-state index contributed by atoms with van der Waals surface area (Å²) in [5.41, 5.74) is 13.2. The summed E-state index contributed by atoms with van der Waals surface area (Å²) < 4.78 is 13.2. The monoisotopic (exact) mass is 259 g/mol. The van der Waals surface area contributed by atoms with E-state index in [4.69, 9.17) is 11.5 Å². The molecule has 2 aromatic carbocycles. The molecule has 0 spiro atoms. The predicted octanol–water partition coefficient (Wildman–Crippen LogP) is 2.27. The zero-order chi connectivity index (χ0) is 14.0. The van der Waals surface area contributed by atoms with Crippen LogP contribution in [-0.4, -0.2) is 13.0 Å². The number of primary amides is 1. The molecule has 4 nitrogen and oxygen atoms in total. The number of nitrogen functional groups attached to an aromatic ring is 1. The molecule has 0 aliphatic rings. The van der Waals surface area contributed by atoms with E-state index in [1.54, 1.807) is 36.2 Å². The van der Waals surface area contributed by atoms with Crippen molar-refractivity contribution in [3.63, 3.8) is 0 Å². The summed E-state index contributed by atoms with van der Waals surface area (Å²) in [5.74, 6) is -0.858. The highest BCUT2D eigenvalue weighted by Crippen LogP contribution is 2.29. The number of hydrogen-bond acceptors (Lipinski definition) is 3. The van der Waals surface area contributed by atoms with E-state index in [-0.39, 0.29) is 5.82 Å². The SMILES string of the molecule is CN(c1cccc(F)c1)c1ccc(C(N)=O)cc1N. The number of nitrogens with two attached hydrogens (primary N) is 2. The molecule has 0 saturated carbocycles. The van der Waals surface area contributed by atoms with Crippen LogP contribution in [0, 0.1) is 5.82 Å². The Hall–Kier alpha value is -2.56. The van der Waals surface area contributed by atoms with Gasteiger partial charge in [-0.3, -0.25) is 4.79 Å². The minimum atomic E-state index is -0.536. The van der Waals surface area contributed by atoms with Crippen molar-refractivity contribution < 1.29 is 9.18 Å². The van der Waals surface area contributed by atoms with Gasteiger partial charge in [-0.25, -0.2) is 4.39 Å². The number of halogens is 1. The Bertz CT molecular complexity index is 628. The van der Waals surface area contributed by atoms with E-state index in [9.17, 15) is 9.18 Å². The molecular formula is C14H14FN3O. The topological polar surface area (TPSA) is 72.3 Å². The summed E-state index contributed by atoms with van der Waals surface area (Å²) in [6, 6.07) is 10.9. The first kappa shape index (κ1) is 12.9. The van der Waals surface area contributed by atoms with Crippen LogP contribution in [0.3, 0.4) is 0 Å². The smallest absolute Gasteiger partial charge is 0.248 e. The molecule has 0 unspecified atom stereocenters. The Morgan fingerprint density at radius 1 is 1.21 bits per heavy atom. The molecule has 0 aliphatic carbocycles. The van der Waals surface area contributed by atoms with Crippen molar-refractivity contribution >= 4 is 23.0 Å². The van der Waals surface area contributed by atoms with E-state index >= 15 is 0 Å². The lowest BCUT2D eigenvalue weighted by atomic mass is 10.1. The van der Waals surface area contributed by atoms with Crippen LogP contribution in [-0.2, 0) is 0 Å². The zero-order valence-corrected chi connectivity index (χ0v) is 10.4. The molecule has 4 N–H and O–H groups in total. The van der Waals surface area contributed by atoms with Gasteiger partial charge in [0.1, 0.15) is 5.82 Å². The van der Waals surface area contributed by atoms with Crippen LogP contribution in [0.5, 0.6) is 0 Å². The number of anilines is 3. The van der Waals surface area contributed by atoms with Gasteiger partial charge >= 0.3 is 0 Å². The third-order valence-electron chi connectivity index (χ3n) is 2.87. The zero-order valence-electron chi connectivity index (χ0n) is 10.4. The molecule has 0 atom stereocenters. The Morgan fingerprint density at radius 2 is 1.95 bits per heavy atom. The lowest BCUT2D eigenvalue weighted by molar-refractivity contribution is 0.100. The molecule has 1 amide bonds. The first-order valence-electron chi connectivity index (χ1n) is 5.67. The van der Waals surface area contributed by atoms with E-state index < -0.39 is 5.91 Å². The summed E-state index contributed by atoms with van der Waals surface area (Å²) >= 11 is 0. The third kappa shape index (κ3) is 2.65. The van der Waals surface area contributed by atoms with Gasteiger partial charge in [0.05, 0.1) is 11.4 Å². The van der Waals surface area contributed by atoms with Gasteiger partial charge in [0.25, 0.3) is 0 Å². The molecule has 0 radical (unpaired) electrons. The highest BCUT2D eigenvalue weighted by molar-refractivity contribution is 5.95. The van der Waals surface area contributed by atoms with Gasteiger partial charge in [0.2, 0.25) is 5.91 Å². The maximum Gasteiger partial charge on any atom is 0.248 e. The molecule has 0 bridgehead atoms. The molecule has 5 heteroatoms. The first-order chi connectivity index (χ1) is 8.99. The largest absolute Gasteiger partial charge is 0.397 e. The Balaban J connectivity index is 2.39. The Morgan fingerprint density at radius 3 is 2.53 bits per heavy atom. The lowest BCUT2D eigenvalue weighted by Crippen LogP contribution is -2.15. The van der Waals surface area contributed by atoms with Crippen molar-refractivity contribution in [3.05, 3.63) is 53.8 Å². The fourth-order valence-electron chi connectivity index (χ4n) is 1.84. The molecule has 98 valence electrons. The van der Waals surface area contributed by atoms with Crippen LogP contribution in [0.1, 0.15) is 10.4 Å². The van der Waals surface area contributed by atoms with E-state index in [1.807, 2.05) is 0 Å². The molecule has 2 rings (SSSR count). The number of carbonyl (C=O) groups excluding carboxylic acids is 1. The van der Waals surface area contributed by atoms with Gasteiger partial charge in [0, 0.05) is 18.3 Å². The number of rotatable bonds is 3. The standard InChI is InChI=1S/C14H14FN3O/c1-18(11-4-2-3-10(15)8-11)13-6-5-9(14(17)19)7-12(13)16/h2-8H,16H2,1H3,(H2,17,19). The lowest BCUT2D eigenvalue weighted by Gasteiger charge is -2.21. The fourth-order valence-corrected chi connectivity index (χ4v) is 1.84. The number of carbonyl (C=O) groups is 1. The fraction of sp³-hybridized carbons (Fsp3) is 0.0714. The summed E-state index contributed by atoms with van der Waals surface area (Å²) in [6.07, 6.45) is 0. The normalized spacial score (nSPS) is 10.2. The average Bonchev–Trinajstić information content (AvgIpc) is 2.37. The van der Waals surface area contributed by atoms with Crippen LogP contribution in [0.25, 0.3) is 0 Å². The van der Waals surface area contributed by atoms with E-state index in [0.29, 0.717) is 22.6 Å². The van der Waals surface area contributed by atoms with Crippen LogP contribution in [0.15, 0.2) is 42.5 Å². The Kier molecular flexibility index (Phi) is 3.37. The Labute approximate surface area is 110 Å². The highest BCUT2D eigenvalue weighted by Gasteiger charge is 2.10. The summed E-state index contributed by atoms with van der Waals surface area (Å²) in [7, 11) is 1.77. The molecule has 0 heterocycles. The third-order valence-corrected chi connectivity index (χ3v) is 2.87. The molecule has 0 aliphatic heterocycles. The van der Waals surface area contributed by atoms with Gasteiger partial charge in [-0.05, 0) is 36.4 Å². The van der Waals surface area contributed by atoms with Crippen molar-refractivity contribution in [3.8, 4) is 0 Å². The minimum absolute atomic E-state index is 0.323. The van der Waals surface area contributed by atoms with Crippen LogP contribution in [0.2, 0.25) is 0 Å². The van der Waals surface area contributed by atoms with Crippen molar-refractivity contribution in [1.29, 1.82) is 0 Å². The van der Waals surface area contributed by atoms with Crippen LogP contribution >= 0.6 is 0 Å². The molecule has 0 aromatic heterocycles. The van der Waals surface area contributed by atoms with E-state index in [1.165, 1.54) is 18.2 Å². The van der Waals surface area contributed by atoms with Crippen LogP contribution in [0.4, 0.5) is 21.5 Å². The summed E-state index contributed by atoms with van der Waals surface area (Å²) in [6.45, 7) is 0. The molecule has 2 aromatic rings. The minimum Gasteiger partial charge on any atom is -0.397 e. The van der Waals surface area contributed by atoms with Crippen molar-refractivity contribution in [2.45, 2.75) is 0 Å². The second kappa shape index (κ2) is 4.97. The van der Waals surface area contributed by atoms with Crippen LogP contribution < -0.4 is 16.4 Å².